The van der Waals surface area contributed by atoms with E-state index < -0.39 is 10.8 Å². The Kier molecular flexibility index (Phi) is 6.36. The minimum absolute atomic E-state index is 0. The molecule has 0 amide bonds. The van der Waals surface area contributed by atoms with E-state index in [1.807, 2.05) is 20.8 Å². The van der Waals surface area contributed by atoms with Crippen LogP contribution in [-0.4, -0.2) is 11.6 Å². The summed E-state index contributed by atoms with van der Waals surface area (Å²) >= 11 is 0. The monoisotopic (exact) mass is 273 g/mol. The number of carbonyl (C=O) groups is 2. The van der Waals surface area contributed by atoms with Gasteiger partial charge in [0.2, 0.25) is 0 Å². The molecule has 0 heterocycles. The summed E-state index contributed by atoms with van der Waals surface area (Å²) in [6, 6.07) is 0. The molecule has 0 saturated carbocycles. The van der Waals surface area contributed by atoms with Gasteiger partial charge in [0.15, 0.2) is 0 Å². The second-order valence-electron chi connectivity index (χ2n) is 5.16. The van der Waals surface area contributed by atoms with Crippen LogP contribution in [0.4, 0.5) is 0 Å². The Hall–Kier alpha value is 0.223. The molecule has 0 spiro atoms. The molecule has 14 heavy (non-hydrogen) atoms. The molecule has 0 atom stereocenters. The predicted octanol–water partition coefficient (Wildman–Crippen LogP) is 2.42. The van der Waals surface area contributed by atoms with E-state index in [4.69, 9.17) is 0 Å². The molecule has 0 aliphatic heterocycles. The molecule has 0 aliphatic carbocycles. The number of Topliss-reactive ketones (excluding diaryl/α,β-unsaturated/α-hetero) is 2. The fraction of sp³-hybridized carbons (Fsp3) is 0.727. The normalized spacial score (nSPS) is 11.9. The molecule has 0 rings (SSSR count). The van der Waals surface area contributed by atoms with Crippen LogP contribution in [0.15, 0.2) is 0 Å². The molecule has 0 N–H and O–H groups in total. The van der Waals surface area contributed by atoms with Gasteiger partial charge in [-0.05, 0) is 0 Å². The van der Waals surface area contributed by atoms with Gasteiger partial charge in [0, 0.05) is 31.6 Å². The summed E-state index contributed by atoms with van der Waals surface area (Å²) in [5.74, 6) is -0.110. The molecule has 0 fully saturated rings. The third-order valence-electron chi connectivity index (χ3n) is 1.91. The Morgan fingerprint density at radius 3 is 1.57 bits per heavy atom. The van der Waals surface area contributed by atoms with E-state index >= 15 is 0 Å². The van der Waals surface area contributed by atoms with Gasteiger partial charge in [0.25, 0.3) is 0 Å². The first-order valence-electron chi connectivity index (χ1n) is 4.47. The molecule has 0 radical (unpaired) electrons. The average molecular weight is 274 g/mol. The summed E-state index contributed by atoms with van der Waals surface area (Å²) < 4.78 is 0. The van der Waals surface area contributed by atoms with E-state index in [0.717, 1.165) is 0 Å². The molecule has 80 valence electrons. The van der Waals surface area contributed by atoms with Crippen LogP contribution in [-0.2, 0) is 35.8 Å². The van der Waals surface area contributed by atoms with Crippen LogP contribution in [0, 0.1) is 17.8 Å². The van der Waals surface area contributed by atoms with Gasteiger partial charge in [0.05, 0.1) is 6.42 Å². The zero-order chi connectivity index (χ0) is 10.9. The quantitative estimate of drug-likeness (QED) is 0.585. The van der Waals surface area contributed by atoms with Crippen molar-refractivity contribution in [3.8, 4) is 0 Å². The molecule has 0 saturated heterocycles. The van der Waals surface area contributed by atoms with Gasteiger partial charge in [-0.15, -0.1) is 5.41 Å². The summed E-state index contributed by atoms with van der Waals surface area (Å²) in [6.45, 7) is 12.6. The third kappa shape index (κ3) is 5.85. The predicted molar refractivity (Wildman–Crippen MR) is 53.2 cm³/mol. The number of hydrogen-bond acceptors (Lipinski definition) is 2. The maximum absolute atomic E-state index is 11.5. The van der Waals surface area contributed by atoms with Crippen LogP contribution < -0.4 is 0 Å². The first-order valence-corrected chi connectivity index (χ1v) is 4.47. The first-order chi connectivity index (χ1) is 5.55. The fourth-order valence-electron chi connectivity index (χ4n) is 0.650. The molecule has 0 aromatic carbocycles. The van der Waals surface area contributed by atoms with Crippen molar-refractivity contribution < 1.29 is 35.8 Å². The SMILES string of the molecule is [CH2-]C(C)(C)C(=O)CC(=O)C(C)(C)C.[Zr]. The van der Waals surface area contributed by atoms with E-state index in [0.29, 0.717) is 0 Å². The second kappa shape index (κ2) is 5.35. The molecular formula is C11H19O2Zr-. The van der Waals surface area contributed by atoms with E-state index in [1.165, 1.54) is 0 Å². The second-order valence-corrected chi connectivity index (χ2v) is 5.16. The Morgan fingerprint density at radius 2 is 1.36 bits per heavy atom. The smallest absolute Gasteiger partial charge is 0.145 e. The van der Waals surface area contributed by atoms with Crippen molar-refractivity contribution in [2.45, 2.75) is 41.0 Å². The van der Waals surface area contributed by atoms with Crippen LogP contribution in [0.1, 0.15) is 41.0 Å². The fourth-order valence-corrected chi connectivity index (χ4v) is 0.650. The number of ketones is 2. The van der Waals surface area contributed by atoms with Crippen molar-refractivity contribution in [1.82, 2.24) is 0 Å². The summed E-state index contributed by atoms with van der Waals surface area (Å²) in [5.41, 5.74) is -1.08. The molecular weight excluding hydrogens is 255 g/mol. The van der Waals surface area contributed by atoms with Crippen LogP contribution in [0.3, 0.4) is 0 Å². The van der Waals surface area contributed by atoms with Crippen molar-refractivity contribution in [2.24, 2.45) is 10.8 Å². The van der Waals surface area contributed by atoms with Crippen molar-refractivity contribution in [3.63, 3.8) is 0 Å². The standard InChI is InChI=1S/C11H19O2.Zr/c1-10(2,3)8(12)7-9(13)11(4,5)6;/h1,7H2,2-6H3;/q-1;. The van der Waals surface area contributed by atoms with E-state index in [9.17, 15) is 9.59 Å². The van der Waals surface area contributed by atoms with Gasteiger partial charge in [-0.3, -0.25) is 4.79 Å². The molecule has 2 nitrogen and oxygen atoms in total. The van der Waals surface area contributed by atoms with Crippen LogP contribution in [0.5, 0.6) is 0 Å². The van der Waals surface area contributed by atoms with Gasteiger partial charge in [0.1, 0.15) is 11.6 Å². The topological polar surface area (TPSA) is 34.1 Å². The Labute approximate surface area is 106 Å². The average Bonchev–Trinajstić information content (AvgIpc) is 1.82. The first kappa shape index (κ1) is 16.6. The van der Waals surface area contributed by atoms with Crippen molar-refractivity contribution in [1.29, 1.82) is 0 Å². The molecule has 0 aliphatic rings. The van der Waals surface area contributed by atoms with Gasteiger partial charge >= 0.3 is 0 Å². The van der Waals surface area contributed by atoms with Gasteiger partial charge in [-0.25, -0.2) is 0 Å². The van der Waals surface area contributed by atoms with Crippen LogP contribution in [0.2, 0.25) is 0 Å². The van der Waals surface area contributed by atoms with Gasteiger partial charge < -0.3 is 11.7 Å². The van der Waals surface area contributed by atoms with E-state index in [1.54, 1.807) is 13.8 Å². The maximum Gasteiger partial charge on any atom is 0.145 e. The van der Waals surface area contributed by atoms with Crippen LogP contribution in [0.25, 0.3) is 0 Å². The van der Waals surface area contributed by atoms with Crippen molar-refractivity contribution in [2.75, 3.05) is 0 Å². The molecule has 3 heteroatoms. The minimum atomic E-state index is -0.652. The Balaban J connectivity index is 0. The van der Waals surface area contributed by atoms with E-state index in [2.05, 4.69) is 6.92 Å². The van der Waals surface area contributed by atoms with Gasteiger partial charge in [-0.2, -0.15) is 0 Å². The molecule has 0 aromatic heterocycles. The zero-order valence-electron chi connectivity index (χ0n) is 9.73. The van der Waals surface area contributed by atoms with Crippen molar-refractivity contribution >= 4 is 11.6 Å². The minimum Gasteiger partial charge on any atom is -0.331 e. The molecule has 0 aromatic rings. The number of hydrogen-bond donors (Lipinski definition) is 0. The maximum atomic E-state index is 11.5. The summed E-state index contributed by atoms with van der Waals surface area (Å²) in [5, 5.41) is 0. The summed E-state index contributed by atoms with van der Waals surface area (Å²) in [6.07, 6.45) is -0.000000000000000222. The third-order valence-corrected chi connectivity index (χ3v) is 1.91. The van der Waals surface area contributed by atoms with E-state index in [-0.39, 0.29) is 44.2 Å². The van der Waals surface area contributed by atoms with Crippen molar-refractivity contribution in [3.05, 3.63) is 6.92 Å². The van der Waals surface area contributed by atoms with Crippen LogP contribution >= 0.6 is 0 Å². The largest absolute Gasteiger partial charge is 0.331 e. The zero-order valence-corrected chi connectivity index (χ0v) is 12.2. The molecule has 0 unspecified atom stereocenters. The number of rotatable bonds is 3. The Bertz CT molecular complexity index is 194. The summed E-state index contributed by atoms with van der Waals surface area (Å²) in [4.78, 5) is 22.9. The number of carbonyl (C=O) groups excluding carboxylic acids is 2. The summed E-state index contributed by atoms with van der Waals surface area (Å²) in [7, 11) is 0. The molecule has 0 bridgehead atoms. The van der Waals surface area contributed by atoms with Gasteiger partial charge in [-0.1, -0.05) is 34.6 Å². The Morgan fingerprint density at radius 1 is 1.00 bits per heavy atom.